The lowest BCUT2D eigenvalue weighted by molar-refractivity contribution is -0.134. The van der Waals surface area contributed by atoms with Gasteiger partial charge in [0.15, 0.2) is 0 Å². The molecular formula is C16H21N3OS. The normalized spacial score (nSPS) is 20.7. The molecule has 21 heavy (non-hydrogen) atoms. The van der Waals surface area contributed by atoms with Crippen molar-refractivity contribution >= 4 is 28.6 Å². The van der Waals surface area contributed by atoms with Crippen LogP contribution in [0.4, 0.5) is 0 Å². The minimum Gasteiger partial charge on any atom is -0.361 e. The number of hydrogen-bond acceptors (Lipinski definition) is 3. The van der Waals surface area contributed by atoms with Crippen molar-refractivity contribution in [3.8, 4) is 0 Å². The molecule has 0 radical (unpaired) electrons. The number of aromatic amines is 1. The van der Waals surface area contributed by atoms with Crippen LogP contribution in [-0.2, 0) is 11.2 Å². The van der Waals surface area contributed by atoms with E-state index in [9.17, 15) is 4.79 Å². The summed E-state index contributed by atoms with van der Waals surface area (Å²) < 4.78 is 0. The fourth-order valence-electron chi connectivity index (χ4n) is 2.89. The summed E-state index contributed by atoms with van der Waals surface area (Å²) in [7, 11) is 0. The summed E-state index contributed by atoms with van der Waals surface area (Å²) in [5.41, 5.74) is 8.39. The molecule has 4 nitrogen and oxygen atoms in total. The number of amides is 1. The largest absolute Gasteiger partial charge is 0.361 e. The SMILES string of the molecule is CC1CSCCN1C(=O)[C@@H](N)Cc1c[nH]c2ccccc12. The number of carbonyl (C=O) groups is 1. The van der Waals surface area contributed by atoms with Crippen molar-refractivity contribution in [3.05, 3.63) is 36.0 Å². The lowest BCUT2D eigenvalue weighted by Gasteiger charge is -2.34. The van der Waals surface area contributed by atoms with Crippen molar-refractivity contribution in [2.75, 3.05) is 18.1 Å². The van der Waals surface area contributed by atoms with Gasteiger partial charge in [0.05, 0.1) is 6.04 Å². The molecule has 0 aliphatic carbocycles. The van der Waals surface area contributed by atoms with Crippen LogP contribution in [0, 0.1) is 0 Å². The highest BCUT2D eigenvalue weighted by Crippen LogP contribution is 2.21. The summed E-state index contributed by atoms with van der Waals surface area (Å²) in [6.07, 6.45) is 2.55. The highest BCUT2D eigenvalue weighted by atomic mass is 32.2. The summed E-state index contributed by atoms with van der Waals surface area (Å²) in [6.45, 7) is 2.91. The fourth-order valence-corrected chi connectivity index (χ4v) is 3.91. The van der Waals surface area contributed by atoms with E-state index in [4.69, 9.17) is 5.73 Å². The van der Waals surface area contributed by atoms with Crippen molar-refractivity contribution in [2.45, 2.75) is 25.4 Å². The van der Waals surface area contributed by atoms with Crippen LogP contribution >= 0.6 is 11.8 Å². The van der Waals surface area contributed by atoms with Gasteiger partial charge in [0.2, 0.25) is 5.91 Å². The Balaban J connectivity index is 1.73. The molecule has 1 aromatic carbocycles. The molecule has 0 saturated carbocycles. The number of aromatic nitrogens is 1. The zero-order chi connectivity index (χ0) is 14.8. The Kier molecular flexibility index (Phi) is 4.22. The Morgan fingerprint density at radius 1 is 1.52 bits per heavy atom. The van der Waals surface area contributed by atoms with Crippen molar-refractivity contribution in [3.63, 3.8) is 0 Å². The van der Waals surface area contributed by atoms with Crippen LogP contribution in [0.15, 0.2) is 30.5 Å². The van der Waals surface area contributed by atoms with Crippen LogP contribution in [0.1, 0.15) is 12.5 Å². The molecule has 2 heterocycles. The van der Waals surface area contributed by atoms with Gasteiger partial charge in [0.1, 0.15) is 0 Å². The molecule has 1 amide bonds. The number of thioether (sulfide) groups is 1. The van der Waals surface area contributed by atoms with Gasteiger partial charge in [-0.3, -0.25) is 4.79 Å². The van der Waals surface area contributed by atoms with Crippen molar-refractivity contribution in [1.29, 1.82) is 0 Å². The smallest absolute Gasteiger partial charge is 0.240 e. The molecule has 1 aliphatic heterocycles. The number of hydrogen-bond donors (Lipinski definition) is 2. The molecule has 1 aromatic heterocycles. The number of benzene rings is 1. The van der Waals surface area contributed by atoms with Gasteiger partial charge in [0, 0.05) is 41.2 Å². The Bertz CT molecular complexity index is 639. The lowest BCUT2D eigenvalue weighted by Crippen LogP contribution is -2.51. The molecule has 3 rings (SSSR count). The number of nitrogens with zero attached hydrogens (tertiary/aromatic N) is 1. The highest BCUT2D eigenvalue weighted by Gasteiger charge is 2.28. The third-order valence-corrected chi connectivity index (χ3v) is 5.27. The van der Waals surface area contributed by atoms with E-state index >= 15 is 0 Å². The van der Waals surface area contributed by atoms with Crippen molar-refractivity contribution in [2.24, 2.45) is 5.73 Å². The Labute approximate surface area is 129 Å². The first-order chi connectivity index (χ1) is 10.2. The van der Waals surface area contributed by atoms with E-state index in [2.05, 4.69) is 18.0 Å². The van der Waals surface area contributed by atoms with E-state index in [1.54, 1.807) is 0 Å². The second kappa shape index (κ2) is 6.12. The summed E-state index contributed by atoms with van der Waals surface area (Å²) in [5, 5.41) is 1.16. The fraction of sp³-hybridized carbons (Fsp3) is 0.438. The van der Waals surface area contributed by atoms with Crippen LogP contribution < -0.4 is 5.73 Å². The van der Waals surface area contributed by atoms with E-state index in [-0.39, 0.29) is 11.9 Å². The number of para-hydroxylation sites is 1. The first-order valence-electron chi connectivity index (χ1n) is 7.35. The van der Waals surface area contributed by atoms with E-state index < -0.39 is 6.04 Å². The predicted octanol–water partition coefficient (Wildman–Crippen LogP) is 2.00. The maximum absolute atomic E-state index is 12.6. The monoisotopic (exact) mass is 303 g/mol. The molecule has 0 spiro atoms. The summed E-state index contributed by atoms with van der Waals surface area (Å²) >= 11 is 1.90. The minimum absolute atomic E-state index is 0.0769. The number of carbonyl (C=O) groups excluding carboxylic acids is 1. The second-order valence-corrected chi connectivity index (χ2v) is 6.78. The number of fused-ring (bicyclic) bond motifs is 1. The standard InChI is InChI=1S/C16H21N3OS/c1-11-10-21-7-6-19(11)16(20)14(17)8-12-9-18-15-5-3-2-4-13(12)15/h2-5,9,11,14,18H,6-8,10,17H2,1H3/t11?,14-/m0/s1. The molecule has 1 saturated heterocycles. The molecule has 0 bridgehead atoms. The van der Waals surface area contributed by atoms with Gasteiger partial charge in [-0.15, -0.1) is 0 Å². The number of H-pyrrole nitrogens is 1. The molecule has 3 N–H and O–H groups in total. The molecule has 1 unspecified atom stereocenters. The van der Waals surface area contributed by atoms with Crippen LogP contribution in [0.2, 0.25) is 0 Å². The summed E-state index contributed by atoms with van der Waals surface area (Å²) in [4.78, 5) is 17.7. The molecule has 1 aliphatic rings. The topological polar surface area (TPSA) is 62.1 Å². The number of rotatable bonds is 3. The zero-order valence-electron chi connectivity index (χ0n) is 12.2. The predicted molar refractivity (Wildman–Crippen MR) is 88.5 cm³/mol. The molecule has 1 fully saturated rings. The second-order valence-electron chi connectivity index (χ2n) is 5.63. The van der Waals surface area contributed by atoms with E-state index in [1.165, 1.54) is 0 Å². The van der Waals surface area contributed by atoms with Gasteiger partial charge < -0.3 is 15.6 Å². The highest BCUT2D eigenvalue weighted by molar-refractivity contribution is 7.99. The Morgan fingerprint density at radius 2 is 2.33 bits per heavy atom. The van der Waals surface area contributed by atoms with Gasteiger partial charge in [0.25, 0.3) is 0 Å². The average molecular weight is 303 g/mol. The maximum Gasteiger partial charge on any atom is 0.240 e. The maximum atomic E-state index is 12.6. The van der Waals surface area contributed by atoms with E-state index in [0.29, 0.717) is 6.42 Å². The molecule has 2 atom stereocenters. The van der Waals surface area contributed by atoms with Gasteiger partial charge in [-0.2, -0.15) is 11.8 Å². The molecule has 5 heteroatoms. The van der Waals surface area contributed by atoms with Crippen LogP contribution in [0.5, 0.6) is 0 Å². The third-order valence-electron chi connectivity index (χ3n) is 4.08. The van der Waals surface area contributed by atoms with Gasteiger partial charge in [-0.25, -0.2) is 0 Å². The van der Waals surface area contributed by atoms with E-state index in [0.717, 1.165) is 34.5 Å². The summed E-state index contributed by atoms with van der Waals surface area (Å²) in [6, 6.07) is 7.94. The van der Waals surface area contributed by atoms with Gasteiger partial charge in [-0.05, 0) is 25.0 Å². The van der Waals surface area contributed by atoms with Crippen molar-refractivity contribution < 1.29 is 4.79 Å². The number of nitrogens with one attached hydrogen (secondary N) is 1. The molecule has 2 aromatic rings. The third kappa shape index (κ3) is 2.94. The van der Waals surface area contributed by atoms with E-state index in [1.807, 2.05) is 41.1 Å². The minimum atomic E-state index is -0.463. The van der Waals surface area contributed by atoms with Crippen LogP contribution in [-0.4, -0.2) is 45.9 Å². The lowest BCUT2D eigenvalue weighted by atomic mass is 10.0. The first kappa shape index (κ1) is 14.5. The van der Waals surface area contributed by atoms with Gasteiger partial charge in [-0.1, -0.05) is 18.2 Å². The summed E-state index contributed by atoms with van der Waals surface area (Å²) in [5.74, 6) is 2.09. The van der Waals surface area contributed by atoms with Crippen LogP contribution in [0.3, 0.4) is 0 Å². The van der Waals surface area contributed by atoms with Crippen LogP contribution in [0.25, 0.3) is 10.9 Å². The van der Waals surface area contributed by atoms with Crippen molar-refractivity contribution in [1.82, 2.24) is 9.88 Å². The van der Waals surface area contributed by atoms with Gasteiger partial charge >= 0.3 is 0 Å². The average Bonchev–Trinajstić information content (AvgIpc) is 2.90. The quantitative estimate of drug-likeness (QED) is 0.911. The molecular weight excluding hydrogens is 282 g/mol. The Hall–Kier alpha value is -1.46. The zero-order valence-corrected chi connectivity index (χ0v) is 13.0. The molecule has 112 valence electrons. The number of nitrogens with two attached hydrogens (primary N) is 1. The first-order valence-corrected chi connectivity index (χ1v) is 8.51. The Morgan fingerprint density at radius 3 is 3.14 bits per heavy atom.